The molecule has 1 amide bonds. The first-order valence-corrected chi connectivity index (χ1v) is 5.91. The molecule has 6 heteroatoms. The summed E-state index contributed by atoms with van der Waals surface area (Å²) in [5.41, 5.74) is 12.2. The van der Waals surface area contributed by atoms with Gasteiger partial charge in [-0.3, -0.25) is 4.79 Å². The maximum absolute atomic E-state index is 11.1. The monoisotopic (exact) mass is 266 g/mol. The van der Waals surface area contributed by atoms with Gasteiger partial charge in [0, 0.05) is 11.4 Å². The van der Waals surface area contributed by atoms with Crippen LogP contribution in [0.1, 0.15) is 20.3 Å². The summed E-state index contributed by atoms with van der Waals surface area (Å²) in [6, 6.07) is 5.33. The van der Waals surface area contributed by atoms with Crippen molar-refractivity contribution in [2.75, 3.05) is 5.73 Å². The van der Waals surface area contributed by atoms with Gasteiger partial charge >= 0.3 is 0 Å². The van der Waals surface area contributed by atoms with Crippen molar-refractivity contribution in [3.63, 3.8) is 0 Å². The number of halogens is 1. The molecule has 0 unspecified atom stereocenters. The van der Waals surface area contributed by atoms with E-state index in [2.05, 4.69) is 4.98 Å². The van der Waals surface area contributed by atoms with E-state index < -0.39 is 5.54 Å². The van der Waals surface area contributed by atoms with Crippen LogP contribution in [0.2, 0.25) is 5.02 Å². The van der Waals surface area contributed by atoms with Gasteiger partial charge in [0.2, 0.25) is 11.9 Å². The quantitative estimate of drug-likeness (QED) is 0.889. The fourth-order valence-electron chi connectivity index (χ4n) is 2.21. The fourth-order valence-corrected chi connectivity index (χ4v) is 2.38. The molecule has 1 aromatic carbocycles. The van der Waals surface area contributed by atoms with E-state index in [-0.39, 0.29) is 12.3 Å². The number of fused-ring (bicyclic) bond motifs is 1. The number of aromatic nitrogens is 2. The number of nitrogens with zero attached hydrogens (tertiary/aromatic N) is 2. The topological polar surface area (TPSA) is 86.9 Å². The average Bonchev–Trinajstić information content (AvgIpc) is 2.51. The number of carbonyl (C=O) groups excluding carboxylic acids is 1. The Bertz CT molecular complexity index is 618. The Labute approximate surface area is 110 Å². The van der Waals surface area contributed by atoms with E-state index in [1.54, 1.807) is 22.8 Å². The molecule has 2 aromatic rings. The lowest BCUT2D eigenvalue weighted by atomic mass is 9.99. The number of nitrogens with two attached hydrogens (primary N) is 2. The predicted octanol–water partition coefficient (Wildman–Crippen LogP) is 1.88. The summed E-state index contributed by atoms with van der Waals surface area (Å²) in [5.74, 6) is -0.0400. The number of rotatable bonds is 3. The van der Waals surface area contributed by atoms with Crippen LogP contribution < -0.4 is 11.5 Å². The zero-order valence-electron chi connectivity index (χ0n) is 10.3. The maximum atomic E-state index is 11.1. The molecular formula is C12H15ClN4O. The van der Waals surface area contributed by atoms with Crippen LogP contribution in [0, 0.1) is 0 Å². The van der Waals surface area contributed by atoms with E-state index in [9.17, 15) is 4.79 Å². The third-order valence-corrected chi connectivity index (χ3v) is 3.09. The van der Waals surface area contributed by atoms with Crippen molar-refractivity contribution in [2.45, 2.75) is 25.8 Å². The fraction of sp³-hybridized carbons (Fsp3) is 0.333. The standard InChI is InChI=1S/C12H15ClN4O/c1-12(2,6-10(14)18)17-9-5-7(13)3-4-8(9)16-11(17)15/h3-5H,6H2,1-2H3,(H2,14,18)(H2,15,16). The van der Waals surface area contributed by atoms with Crippen LogP contribution in [-0.4, -0.2) is 15.5 Å². The Hall–Kier alpha value is -1.75. The summed E-state index contributed by atoms with van der Waals surface area (Å²) in [4.78, 5) is 15.4. The van der Waals surface area contributed by atoms with Crippen molar-refractivity contribution in [1.29, 1.82) is 0 Å². The summed E-state index contributed by atoms with van der Waals surface area (Å²) < 4.78 is 1.79. The van der Waals surface area contributed by atoms with Crippen molar-refractivity contribution in [2.24, 2.45) is 5.73 Å². The van der Waals surface area contributed by atoms with Crippen LogP contribution in [0.4, 0.5) is 5.95 Å². The van der Waals surface area contributed by atoms with Crippen LogP contribution in [0.25, 0.3) is 11.0 Å². The number of hydrogen-bond donors (Lipinski definition) is 2. The van der Waals surface area contributed by atoms with Gasteiger partial charge in [-0.25, -0.2) is 4.98 Å². The Morgan fingerprint density at radius 2 is 2.17 bits per heavy atom. The molecule has 0 aliphatic heterocycles. The molecule has 0 aliphatic rings. The number of hydrogen-bond acceptors (Lipinski definition) is 3. The number of nitrogen functional groups attached to an aromatic ring is 1. The molecule has 0 spiro atoms. The Kier molecular flexibility index (Phi) is 2.94. The van der Waals surface area contributed by atoms with Crippen LogP contribution in [0.15, 0.2) is 18.2 Å². The highest BCUT2D eigenvalue weighted by molar-refractivity contribution is 6.31. The summed E-state index contributed by atoms with van der Waals surface area (Å²) in [6.45, 7) is 3.77. The molecule has 0 atom stereocenters. The molecule has 0 radical (unpaired) electrons. The largest absolute Gasteiger partial charge is 0.370 e. The third kappa shape index (κ3) is 2.13. The molecule has 1 heterocycles. The van der Waals surface area contributed by atoms with Gasteiger partial charge in [-0.15, -0.1) is 0 Å². The number of anilines is 1. The number of primary amides is 1. The second kappa shape index (κ2) is 4.17. The summed E-state index contributed by atoms with van der Waals surface area (Å²) in [7, 11) is 0. The number of imidazole rings is 1. The Balaban J connectivity index is 2.65. The predicted molar refractivity (Wildman–Crippen MR) is 72.3 cm³/mol. The molecule has 0 saturated carbocycles. The summed E-state index contributed by atoms with van der Waals surface area (Å²) >= 11 is 5.98. The lowest BCUT2D eigenvalue weighted by molar-refractivity contribution is -0.119. The summed E-state index contributed by atoms with van der Waals surface area (Å²) in [6.07, 6.45) is 0.176. The van der Waals surface area contributed by atoms with Gasteiger partial charge in [-0.2, -0.15) is 0 Å². The average molecular weight is 267 g/mol. The van der Waals surface area contributed by atoms with Crippen molar-refractivity contribution < 1.29 is 4.79 Å². The minimum absolute atomic E-state index is 0.176. The summed E-state index contributed by atoms with van der Waals surface area (Å²) in [5, 5.41) is 0.596. The minimum atomic E-state index is -0.546. The smallest absolute Gasteiger partial charge is 0.219 e. The van der Waals surface area contributed by atoms with Gasteiger partial charge in [0.25, 0.3) is 0 Å². The molecule has 96 valence electrons. The molecule has 1 aromatic heterocycles. The first-order chi connectivity index (χ1) is 8.31. The zero-order valence-corrected chi connectivity index (χ0v) is 11.0. The second-order valence-corrected chi connectivity index (χ2v) is 5.33. The van der Waals surface area contributed by atoms with Gasteiger partial charge in [0.1, 0.15) is 0 Å². The molecule has 0 fully saturated rings. The van der Waals surface area contributed by atoms with E-state index in [4.69, 9.17) is 23.1 Å². The van der Waals surface area contributed by atoms with Crippen LogP contribution in [0.5, 0.6) is 0 Å². The molecule has 2 rings (SSSR count). The van der Waals surface area contributed by atoms with Crippen molar-refractivity contribution in [1.82, 2.24) is 9.55 Å². The Morgan fingerprint density at radius 1 is 1.50 bits per heavy atom. The first kappa shape index (κ1) is 12.7. The molecule has 0 aliphatic carbocycles. The van der Waals surface area contributed by atoms with Crippen LogP contribution in [0.3, 0.4) is 0 Å². The Morgan fingerprint density at radius 3 is 2.78 bits per heavy atom. The van der Waals surface area contributed by atoms with E-state index in [1.165, 1.54) is 0 Å². The molecule has 0 saturated heterocycles. The minimum Gasteiger partial charge on any atom is -0.370 e. The van der Waals surface area contributed by atoms with Crippen molar-refractivity contribution >= 4 is 34.5 Å². The van der Waals surface area contributed by atoms with E-state index in [1.807, 2.05) is 13.8 Å². The highest BCUT2D eigenvalue weighted by atomic mass is 35.5. The van der Waals surface area contributed by atoms with Crippen LogP contribution in [-0.2, 0) is 10.3 Å². The molecule has 0 bridgehead atoms. The van der Waals surface area contributed by atoms with Gasteiger partial charge in [0.15, 0.2) is 0 Å². The van der Waals surface area contributed by atoms with Crippen molar-refractivity contribution in [3.8, 4) is 0 Å². The van der Waals surface area contributed by atoms with E-state index in [0.29, 0.717) is 11.0 Å². The highest BCUT2D eigenvalue weighted by Crippen LogP contribution is 2.30. The zero-order chi connectivity index (χ0) is 13.5. The normalized spacial score (nSPS) is 11.9. The maximum Gasteiger partial charge on any atom is 0.219 e. The first-order valence-electron chi connectivity index (χ1n) is 5.53. The van der Waals surface area contributed by atoms with Crippen LogP contribution >= 0.6 is 11.6 Å². The highest BCUT2D eigenvalue weighted by Gasteiger charge is 2.27. The number of benzene rings is 1. The van der Waals surface area contributed by atoms with Gasteiger partial charge in [-0.05, 0) is 32.0 Å². The number of carbonyl (C=O) groups is 1. The lowest BCUT2D eigenvalue weighted by Crippen LogP contribution is -2.33. The molecular weight excluding hydrogens is 252 g/mol. The lowest BCUT2D eigenvalue weighted by Gasteiger charge is -2.27. The van der Waals surface area contributed by atoms with Crippen molar-refractivity contribution in [3.05, 3.63) is 23.2 Å². The molecule has 4 N–H and O–H groups in total. The SMILES string of the molecule is CC(C)(CC(N)=O)n1c(N)nc2ccc(Cl)cc21. The van der Waals surface area contributed by atoms with Gasteiger partial charge < -0.3 is 16.0 Å². The van der Waals surface area contributed by atoms with E-state index in [0.717, 1.165) is 11.0 Å². The van der Waals surface area contributed by atoms with Gasteiger partial charge in [0.05, 0.1) is 16.6 Å². The number of amides is 1. The second-order valence-electron chi connectivity index (χ2n) is 4.89. The van der Waals surface area contributed by atoms with E-state index >= 15 is 0 Å². The molecule has 5 nitrogen and oxygen atoms in total. The molecule has 18 heavy (non-hydrogen) atoms. The van der Waals surface area contributed by atoms with Gasteiger partial charge in [-0.1, -0.05) is 11.6 Å². The third-order valence-electron chi connectivity index (χ3n) is 2.85.